The van der Waals surface area contributed by atoms with Gasteiger partial charge in [-0.15, -0.1) is 11.8 Å². The number of thioether (sulfide) groups is 1. The van der Waals surface area contributed by atoms with E-state index in [1.54, 1.807) is 55.5 Å². The van der Waals surface area contributed by atoms with Gasteiger partial charge in [0.1, 0.15) is 0 Å². The third kappa shape index (κ3) is 6.02. The fourth-order valence-corrected chi connectivity index (χ4v) is 4.39. The zero-order valence-corrected chi connectivity index (χ0v) is 21.3. The molecule has 0 saturated carbocycles. The van der Waals surface area contributed by atoms with Crippen molar-refractivity contribution in [3.05, 3.63) is 99.3 Å². The highest BCUT2D eigenvalue weighted by molar-refractivity contribution is 8.00. The molecule has 188 valence electrons. The molecule has 4 aromatic rings. The van der Waals surface area contributed by atoms with Crippen LogP contribution in [0.25, 0.3) is 16.5 Å². The number of benzene rings is 3. The number of ether oxygens (including phenoxy) is 1. The SMILES string of the molecule is CCOC(=O)c1ccc(-n2c(O)c(C=NNC(=O)CSc3ccc(Cl)cc3)c3ccccc3c2=O)cc1. The minimum atomic E-state index is -0.484. The lowest BCUT2D eigenvalue weighted by Gasteiger charge is -2.14. The van der Waals surface area contributed by atoms with Crippen LogP contribution in [0, 0.1) is 0 Å². The third-order valence-corrected chi connectivity index (χ3v) is 6.57. The van der Waals surface area contributed by atoms with Crippen molar-refractivity contribution >= 4 is 52.2 Å². The van der Waals surface area contributed by atoms with Gasteiger partial charge in [0.15, 0.2) is 0 Å². The number of hydrogen-bond donors (Lipinski definition) is 2. The highest BCUT2D eigenvalue weighted by Crippen LogP contribution is 2.26. The highest BCUT2D eigenvalue weighted by atomic mass is 35.5. The van der Waals surface area contributed by atoms with Crippen LogP contribution in [-0.4, -0.2) is 40.1 Å². The topological polar surface area (TPSA) is 110 Å². The van der Waals surface area contributed by atoms with Crippen molar-refractivity contribution in [2.45, 2.75) is 11.8 Å². The maximum absolute atomic E-state index is 13.2. The first-order valence-corrected chi connectivity index (χ1v) is 12.6. The molecule has 0 radical (unpaired) electrons. The van der Waals surface area contributed by atoms with Crippen LogP contribution in [0.5, 0.6) is 5.88 Å². The number of amides is 1. The monoisotopic (exact) mass is 535 g/mol. The molecule has 2 N–H and O–H groups in total. The van der Waals surface area contributed by atoms with E-state index in [2.05, 4.69) is 10.5 Å². The number of nitrogens with zero attached hydrogens (tertiary/aromatic N) is 2. The second kappa shape index (κ2) is 11.8. The molecule has 0 bridgehead atoms. The van der Waals surface area contributed by atoms with E-state index >= 15 is 0 Å². The zero-order valence-electron chi connectivity index (χ0n) is 19.7. The predicted octanol–water partition coefficient (Wildman–Crippen LogP) is 4.77. The highest BCUT2D eigenvalue weighted by Gasteiger charge is 2.17. The maximum atomic E-state index is 13.2. The van der Waals surface area contributed by atoms with E-state index in [9.17, 15) is 19.5 Å². The average molecular weight is 536 g/mol. The van der Waals surface area contributed by atoms with E-state index in [0.29, 0.717) is 27.0 Å². The fourth-order valence-electron chi connectivity index (χ4n) is 3.57. The summed E-state index contributed by atoms with van der Waals surface area (Å²) in [6, 6.07) is 20.0. The first-order valence-electron chi connectivity index (χ1n) is 11.2. The number of halogens is 1. The molecule has 37 heavy (non-hydrogen) atoms. The molecule has 10 heteroatoms. The summed E-state index contributed by atoms with van der Waals surface area (Å²) in [5.41, 5.74) is 2.91. The lowest BCUT2D eigenvalue weighted by Crippen LogP contribution is -2.21. The Bertz CT molecular complexity index is 1530. The maximum Gasteiger partial charge on any atom is 0.338 e. The van der Waals surface area contributed by atoms with Crippen LogP contribution < -0.4 is 11.0 Å². The van der Waals surface area contributed by atoms with Crippen molar-refractivity contribution in [2.75, 3.05) is 12.4 Å². The van der Waals surface area contributed by atoms with Crippen LogP contribution in [-0.2, 0) is 9.53 Å². The molecule has 0 fully saturated rings. The molecule has 0 aliphatic rings. The summed E-state index contributed by atoms with van der Waals surface area (Å²) in [6.45, 7) is 1.95. The van der Waals surface area contributed by atoms with Gasteiger partial charge in [-0.25, -0.2) is 14.8 Å². The molecule has 4 rings (SSSR count). The van der Waals surface area contributed by atoms with Gasteiger partial charge in [0.25, 0.3) is 5.56 Å². The standard InChI is InChI=1S/C27H22ClN3O5S/c1-2-36-27(35)17-7-11-19(12-8-17)31-25(33)22-6-4-3-5-21(22)23(26(31)34)15-29-30-24(32)16-37-20-13-9-18(28)10-14-20/h3-15,34H,2,16H2,1H3,(H,30,32). The Morgan fingerprint density at radius 1 is 1.05 bits per heavy atom. The van der Waals surface area contributed by atoms with Crippen molar-refractivity contribution < 1.29 is 19.4 Å². The van der Waals surface area contributed by atoms with Gasteiger partial charge in [-0.1, -0.05) is 29.8 Å². The number of fused-ring (bicyclic) bond motifs is 1. The van der Waals surface area contributed by atoms with Crippen LogP contribution in [0.3, 0.4) is 0 Å². The summed E-state index contributed by atoms with van der Waals surface area (Å²) in [5.74, 6) is -1.07. The van der Waals surface area contributed by atoms with Crippen molar-refractivity contribution in [1.82, 2.24) is 9.99 Å². The minimum Gasteiger partial charge on any atom is -0.494 e. The number of aromatic hydroxyl groups is 1. The van der Waals surface area contributed by atoms with Crippen molar-refractivity contribution in [3.8, 4) is 11.6 Å². The fraction of sp³-hybridized carbons (Fsp3) is 0.111. The summed E-state index contributed by atoms with van der Waals surface area (Å²) in [5, 5.41) is 16.5. The van der Waals surface area contributed by atoms with Gasteiger partial charge in [-0.2, -0.15) is 5.10 Å². The summed E-state index contributed by atoms with van der Waals surface area (Å²) < 4.78 is 6.11. The Kier molecular flexibility index (Phi) is 8.27. The predicted molar refractivity (Wildman–Crippen MR) is 145 cm³/mol. The first-order chi connectivity index (χ1) is 17.9. The lowest BCUT2D eigenvalue weighted by molar-refractivity contribution is -0.118. The van der Waals surface area contributed by atoms with Gasteiger partial charge in [-0.05, 0) is 61.5 Å². The van der Waals surface area contributed by atoms with Crippen molar-refractivity contribution in [2.24, 2.45) is 5.10 Å². The zero-order chi connectivity index (χ0) is 26.4. The van der Waals surface area contributed by atoms with Gasteiger partial charge >= 0.3 is 5.97 Å². The van der Waals surface area contributed by atoms with Crippen LogP contribution in [0.4, 0.5) is 0 Å². The molecule has 1 amide bonds. The van der Waals surface area contributed by atoms with Crippen LogP contribution >= 0.6 is 23.4 Å². The second-order valence-electron chi connectivity index (χ2n) is 7.73. The Labute approximate surface area is 221 Å². The molecular formula is C27H22ClN3O5S. The summed E-state index contributed by atoms with van der Waals surface area (Å²) in [4.78, 5) is 38.4. The number of hydrazone groups is 1. The number of carbonyl (C=O) groups excluding carboxylic acids is 2. The number of esters is 1. The number of carbonyl (C=O) groups is 2. The molecule has 0 saturated heterocycles. The molecule has 3 aromatic carbocycles. The van der Waals surface area contributed by atoms with E-state index in [-0.39, 0.29) is 29.7 Å². The summed E-state index contributed by atoms with van der Waals surface area (Å²) >= 11 is 7.20. The van der Waals surface area contributed by atoms with Crippen LogP contribution in [0.15, 0.2) is 87.6 Å². The first kappa shape index (κ1) is 26.0. The van der Waals surface area contributed by atoms with Crippen molar-refractivity contribution in [1.29, 1.82) is 0 Å². The van der Waals surface area contributed by atoms with E-state index in [0.717, 1.165) is 9.46 Å². The van der Waals surface area contributed by atoms with Gasteiger partial charge in [-0.3, -0.25) is 9.59 Å². The van der Waals surface area contributed by atoms with E-state index in [1.165, 1.54) is 30.1 Å². The minimum absolute atomic E-state index is 0.123. The van der Waals surface area contributed by atoms with Gasteiger partial charge < -0.3 is 9.84 Å². The van der Waals surface area contributed by atoms with E-state index in [4.69, 9.17) is 16.3 Å². The Morgan fingerprint density at radius 2 is 1.73 bits per heavy atom. The van der Waals surface area contributed by atoms with Gasteiger partial charge in [0.2, 0.25) is 11.8 Å². The van der Waals surface area contributed by atoms with Gasteiger partial charge in [0, 0.05) is 20.7 Å². The molecule has 0 atom stereocenters. The van der Waals surface area contributed by atoms with E-state index < -0.39 is 11.5 Å². The molecule has 0 unspecified atom stereocenters. The number of rotatable bonds is 8. The number of pyridine rings is 1. The lowest BCUT2D eigenvalue weighted by atomic mass is 10.1. The number of hydrogen-bond acceptors (Lipinski definition) is 7. The molecule has 0 spiro atoms. The summed E-state index contributed by atoms with van der Waals surface area (Å²) in [7, 11) is 0. The van der Waals surface area contributed by atoms with Crippen molar-refractivity contribution in [3.63, 3.8) is 0 Å². The Morgan fingerprint density at radius 3 is 2.41 bits per heavy atom. The third-order valence-electron chi connectivity index (χ3n) is 5.31. The van der Waals surface area contributed by atoms with Crippen LogP contribution in [0.2, 0.25) is 5.02 Å². The summed E-state index contributed by atoms with van der Waals surface area (Å²) in [6.07, 6.45) is 1.30. The average Bonchev–Trinajstić information content (AvgIpc) is 2.91. The smallest absolute Gasteiger partial charge is 0.338 e. The molecular weight excluding hydrogens is 514 g/mol. The Balaban J connectivity index is 1.61. The largest absolute Gasteiger partial charge is 0.494 e. The number of nitrogens with one attached hydrogen (secondary N) is 1. The quantitative estimate of drug-likeness (QED) is 0.146. The molecule has 1 heterocycles. The molecule has 0 aliphatic carbocycles. The normalized spacial score (nSPS) is 11.1. The van der Waals surface area contributed by atoms with Crippen LogP contribution in [0.1, 0.15) is 22.8 Å². The Hall–Kier alpha value is -4.08. The molecule has 1 aromatic heterocycles. The molecule has 0 aliphatic heterocycles. The van der Waals surface area contributed by atoms with E-state index in [1.807, 2.05) is 12.1 Å². The number of aromatic nitrogens is 1. The second-order valence-corrected chi connectivity index (χ2v) is 9.21. The molecule has 8 nitrogen and oxygen atoms in total. The van der Waals surface area contributed by atoms with Gasteiger partial charge in [0.05, 0.1) is 35.4 Å².